The summed E-state index contributed by atoms with van der Waals surface area (Å²) >= 11 is 0. The number of esters is 1. The highest BCUT2D eigenvalue weighted by Gasteiger charge is 2.08. The highest BCUT2D eigenvalue weighted by Crippen LogP contribution is 2.10. The molecule has 1 aromatic rings. The van der Waals surface area contributed by atoms with Crippen LogP contribution in [0.3, 0.4) is 0 Å². The lowest BCUT2D eigenvalue weighted by atomic mass is 10.1. The molecule has 0 aliphatic heterocycles. The third-order valence-electron chi connectivity index (χ3n) is 2.09. The number of rotatable bonds is 4. The van der Waals surface area contributed by atoms with Gasteiger partial charge in [-0.25, -0.2) is 0 Å². The summed E-state index contributed by atoms with van der Waals surface area (Å²) in [4.78, 5) is 10.7. The van der Waals surface area contributed by atoms with Crippen molar-refractivity contribution in [2.75, 3.05) is 21.1 Å². The maximum atomic E-state index is 10.7. The SMILES string of the molecule is CC(=O)OCc1cccc(C[N+](C)(C)C)c1.[I-]. The number of benzene rings is 1. The second kappa shape index (κ2) is 6.96. The van der Waals surface area contributed by atoms with Gasteiger partial charge >= 0.3 is 5.97 Å². The molecule has 17 heavy (non-hydrogen) atoms. The summed E-state index contributed by atoms with van der Waals surface area (Å²) in [5.74, 6) is -0.239. The summed E-state index contributed by atoms with van der Waals surface area (Å²) in [6, 6.07) is 8.17. The van der Waals surface area contributed by atoms with E-state index in [4.69, 9.17) is 4.74 Å². The average molecular weight is 349 g/mol. The summed E-state index contributed by atoms with van der Waals surface area (Å²) in [6.07, 6.45) is 0. The van der Waals surface area contributed by atoms with Crippen molar-refractivity contribution in [1.29, 1.82) is 0 Å². The molecule has 1 aromatic carbocycles. The molecule has 0 bridgehead atoms. The van der Waals surface area contributed by atoms with Crippen LogP contribution in [0.25, 0.3) is 0 Å². The molecule has 0 aliphatic rings. The predicted octanol–water partition coefficient (Wildman–Crippen LogP) is -1.04. The fourth-order valence-corrected chi connectivity index (χ4v) is 1.55. The van der Waals surface area contributed by atoms with Crippen molar-refractivity contribution in [3.8, 4) is 0 Å². The molecule has 0 saturated carbocycles. The molecule has 0 aromatic heterocycles. The predicted molar refractivity (Wildman–Crippen MR) is 63.6 cm³/mol. The molecule has 0 N–H and O–H groups in total. The van der Waals surface area contributed by atoms with Gasteiger partial charge in [-0.15, -0.1) is 0 Å². The molecule has 3 nitrogen and oxygen atoms in total. The van der Waals surface area contributed by atoms with Gasteiger partial charge in [0.1, 0.15) is 13.2 Å². The van der Waals surface area contributed by atoms with Gasteiger partial charge in [0.25, 0.3) is 0 Å². The number of nitrogens with zero attached hydrogens (tertiary/aromatic N) is 1. The average Bonchev–Trinajstić information content (AvgIpc) is 2.12. The van der Waals surface area contributed by atoms with Gasteiger partial charge in [-0.3, -0.25) is 4.79 Å². The minimum atomic E-state index is -0.239. The van der Waals surface area contributed by atoms with Crippen molar-refractivity contribution in [1.82, 2.24) is 0 Å². The van der Waals surface area contributed by atoms with E-state index in [1.54, 1.807) is 0 Å². The fraction of sp³-hybridized carbons (Fsp3) is 0.462. The van der Waals surface area contributed by atoms with Crippen molar-refractivity contribution in [3.05, 3.63) is 35.4 Å². The number of halogens is 1. The molecule has 0 unspecified atom stereocenters. The van der Waals surface area contributed by atoms with Gasteiger partial charge in [0.15, 0.2) is 0 Å². The van der Waals surface area contributed by atoms with Crippen molar-refractivity contribution < 1.29 is 38.0 Å². The third-order valence-corrected chi connectivity index (χ3v) is 2.09. The van der Waals surface area contributed by atoms with Gasteiger partial charge in [-0.1, -0.05) is 18.2 Å². The molecule has 4 heteroatoms. The van der Waals surface area contributed by atoms with Crippen LogP contribution < -0.4 is 24.0 Å². The van der Waals surface area contributed by atoms with Crippen LogP contribution in [-0.4, -0.2) is 31.6 Å². The minimum absolute atomic E-state index is 0. The number of carbonyl (C=O) groups is 1. The molecule has 0 atom stereocenters. The van der Waals surface area contributed by atoms with Crippen LogP contribution in [0.2, 0.25) is 0 Å². The molecule has 0 spiro atoms. The van der Waals surface area contributed by atoms with Crippen LogP contribution in [0.1, 0.15) is 18.1 Å². The van der Waals surface area contributed by atoms with Crippen LogP contribution in [0.4, 0.5) is 0 Å². The van der Waals surface area contributed by atoms with E-state index in [0.717, 1.165) is 16.6 Å². The molecule has 0 fully saturated rings. The van der Waals surface area contributed by atoms with Crippen LogP contribution in [0, 0.1) is 0 Å². The maximum Gasteiger partial charge on any atom is 0.302 e. The number of ether oxygens (including phenoxy) is 1. The van der Waals surface area contributed by atoms with Crippen LogP contribution in [0.15, 0.2) is 24.3 Å². The second-order valence-electron chi connectivity index (χ2n) is 5.05. The van der Waals surface area contributed by atoms with Gasteiger partial charge in [0.05, 0.1) is 21.1 Å². The quantitative estimate of drug-likeness (QED) is 0.395. The van der Waals surface area contributed by atoms with E-state index in [2.05, 4.69) is 33.3 Å². The number of hydrogen-bond acceptors (Lipinski definition) is 2. The Balaban J connectivity index is 0.00000256. The number of quaternary nitrogens is 1. The molecule has 0 aliphatic carbocycles. The summed E-state index contributed by atoms with van der Waals surface area (Å²) < 4.78 is 5.85. The summed E-state index contributed by atoms with van der Waals surface area (Å²) in [7, 11) is 6.45. The monoisotopic (exact) mass is 349 g/mol. The molecule has 0 heterocycles. The first-order chi connectivity index (χ1) is 7.37. The van der Waals surface area contributed by atoms with Gasteiger partial charge in [-0.2, -0.15) is 0 Å². The van der Waals surface area contributed by atoms with Crippen molar-refractivity contribution >= 4 is 5.97 Å². The molecular formula is C13H20INO2. The van der Waals surface area contributed by atoms with E-state index in [0.29, 0.717) is 6.61 Å². The zero-order chi connectivity index (χ0) is 12.2. The van der Waals surface area contributed by atoms with Gasteiger partial charge in [-0.05, 0) is 11.6 Å². The lowest BCUT2D eigenvalue weighted by molar-refractivity contribution is -0.884. The largest absolute Gasteiger partial charge is 1.00 e. The topological polar surface area (TPSA) is 26.3 Å². The Hall–Kier alpha value is -0.620. The first-order valence-electron chi connectivity index (χ1n) is 5.38. The Kier molecular flexibility index (Phi) is 6.70. The zero-order valence-electron chi connectivity index (χ0n) is 10.9. The number of carbonyl (C=O) groups excluding carboxylic acids is 1. The Morgan fingerprint density at radius 1 is 1.24 bits per heavy atom. The molecule has 0 saturated heterocycles. The summed E-state index contributed by atoms with van der Waals surface area (Å²) in [5, 5.41) is 0. The lowest BCUT2D eigenvalue weighted by Crippen LogP contribution is -3.00. The lowest BCUT2D eigenvalue weighted by Gasteiger charge is -2.24. The van der Waals surface area contributed by atoms with Gasteiger partial charge in [0, 0.05) is 12.5 Å². The zero-order valence-corrected chi connectivity index (χ0v) is 13.0. The minimum Gasteiger partial charge on any atom is -1.00 e. The summed E-state index contributed by atoms with van der Waals surface area (Å²) in [6.45, 7) is 2.75. The fourth-order valence-electron chi connectivity index (χ4n) is 1.55. The van der Waals surface area contributed by atoms with Crippen LogP contribution in [-0.2, 0) is 22.7 Å². The standard InChI is InChI=1S/C13H20NO2.HI/c1-11(15)16-10-13-7-5-6-12(8-13)9-14(2,3)4;/h5-8H,9-10H2,1-4H3;1H/q+1;/p-1. The molecule has 96 valence electrons. The Morgan fingerprint density at radius 2 is 1.82 bits per heavy atom. The second-order valence-corrected chi connectivity index (χ2v) is 5.05. The first-order valence-corrected chi connectivity index (χ1v) is 5.38. The van der Waals surface area contributed by atoms with Crippen molar-refractivity contribution in [2.45, 2.75) is 20.1 Å². The maximum absolute atomic E-state index is 10.7. The highest BCUT2D eigenvalue weighted by molar-refractivity contribution is 5.65. The van der Waals surface area contributed by atoms with E-state index in [1.165, 1.54) is 12.5 Å². The number of hydrogen-bond donors (Lipinski definition) is 0. The molecule has 0 amide bonds. The van der Waals surface area contributed by atoms with E-state index in [-0.39, 0.29) is 29.9 Å². The molecular weight excluding hydrogens is 329 g/mol. The van der Waals surface area contributed by atoms with E-state index < -0.39 is 0 Å². The van der Waals surface area contributed by atoms with Crippen LogP contribution >= 0.6 is 0 Å². The van der Waals surface area contributed by atoms with E-state index in [9.17, 15) is 4.79 Å². The highest BCUT2D eigenvalue weighted by atomic mass is 127. The Labute approximate surface area is 120 Å². The molecule has 0 radical (unpaired) electrons. The van der Waals surface area contributed by atoms with Crippen molar-refractivity contribution in [3.63, 3.8) is 0 Å². The third kappa shape index (κ3) is 7.33. The van der Waals surface area contributed by atoms with Gasteiger partial charge < -0.3 is 33.2 Å². The normalized spacial score (nSPS) is 10.6. The summed E-state index contributed by atoms with van der Waals surface area (Å²) in [5.41, 5.74) is 2.30. The molecule has 1 rings (SSSR count). The van der Waals surface area contributed by atoms with Crippen LogP contribution in [0.5, 0.6) is 0 Å². The van der Waals surface area contributed by atoms with E-state index in [1.807, 2.05) is 12.1 Å². The Morgan fingerprint density at radius 3 is 2.35 bits per heavy atom. The smallest absolute Gasteiger partial charge is 0.302 e. The van der Waals surface area contributed by atoms with Crippen molar-refractivity contribution in [2.24, 2.45) is 0 Å². The Bertz CT molecular complexity index is 372. The van der Waals surface area contributed by atoms with Gasteiger partial charge in [0.2, 0.25) is 0 Å². The first kappa shape index (κ1) is 16.4. The van der Waals surface area contributed by atoms with E-state index >= 15 is 0 Å².